The number of aromatic nitrogens is 1. The van der Waals surface area contributed by atoms with E-state index in [1.54, 1.807) is 26.2 Å². The van der Waals surface area contributed by atoms with E-state index in [9.17, 15) is 29.1 Å². The van der Waals surface area contributed by atoms with Crippen LogP contribution in [0.3, 0.4) is 0 Å². The number of nitrogens with one attached hydrogen (secondary N) is 5. The first-order valence-electron chi connectivity index (χ1n) is 14.3. The van der Waals surface area contributed by atoms with Gasteiger partial charge in [0, 0.05) is 38.4 Å². The van der Waals surface area contributed by atoms with Crippen molar-refractivity contribution in [2.45, 2.75) is 57.9 Å². The van der Waals surface area contributed by atoms with Crippen molar-refractivity contribution < 1.29 is 29.1 Å². The second-order valence-corrected chi connectivity index (χ2v) is 10.9. The van der Waals surface area contributed by atoms with E-state index in [2.05, 4.69) is 31.6 Å². The van der Waals surface area contributed by atoms with E-state index < -0.39 is 60.3 Å². The summed E-state index contributed by atoms with van der Waals surface area (Å²) in [6, 6.07) is 8.35. The van der Waals surface area contributed by atoms with Gasteiger partial charge in [-0.3, -0.25) is 33.9 Å². The van der Waals surface area contributed by atoms with Crippen molar-refractivity contribution in [1.82, 2.24) is 36.5 Å². The monoisotopic (exact) mass is 595 g/mol. The van der Waals surface area contributed by atoms with Gasteiger partial charge < -0.3 is 31.7 Å². The average molecular weight is 596 g/mol. The Balaban J connectivity index is 1.88. The van der Waals surface area contributed by atoms with E-state index in [-0.39, 0.29) is 25.4 Å². The average Bonchev–Trinajstić information content (AvgIpc) is 2.98. The molecule has 0 aliphatic carbocycles. The van der Waals surface area contributed by atoms with E-state index in [1.807, 2.05) is 47.4 Å². The molecule has 2 heterocycles. The van der Waals surface area contributed by atoms with Gasteiger partial charge in [0.25, 0.3) is 0 Å². The van der Waals surface area contributed by atoms with Crippen LogP contribution in [0.2, 0.25) is 0 Å². The molecule has 2 aromatic rings. The van der Waals surface area contributed by atoms with Crippen LogP contribution in [0.25, 0.3) is 0 Å². The van der Waals surface area contributed by atoms with Crippen LogP contribution in [-0.2, 0) is 36.9 Å². The number of rotatable bonds is 6. The Morgan fingerprint density at radius 1 is 0.837 bits per heavy atom. The molecule has 1 aromatic carbocycles. The Kier molecular flexibility index (Phi) is 12.6. The number of nitrogens with zero attached hydrogens (tertiary/aromatic N) is 2. The Labute approximate surface area is 251 Å². The smallest absolute Gasteiger partial charge is 0.245 e. The van der Waals surface area contributed by atoms with Gasteiger partial charge in [0.05, 0.1) is 13.2 Å². The van der Waals surface area contributed by atoms with Gasteiger partial charge in [-0.2, -0.15) is 0 Å². The molecule has 13 nitrogen and oxygen atoms in total. The molecular formula is C30H41N7O6. The molecule has 4 atom stereocenters. The fraction of sp³-hybridized carbons (Fsp3) is 0.467. The molecule has 1 aliphatic rings. The fourth-order valence-electron chi connectivity index (χ4n) is 4.57. The zero-order chi connectivity index (χ0) is 31.4. The summed E-state index contributed by atoms with van der Waals surface area (Å²) in [6.45, 7) is 5.00. The molecule has 1 aliphatic heterocycles. The first-order valence-corrected chi connectivity index (χ1v) is 14.3. The Morgan fingerprint density at radius 2 is 1.51 bits per heavy atom. The van der Waals surface area contributed by atoms with Gasteiger partial charge in [-0.1, -0.05) is 44.2 Å². The predicted octanol–water partition coefficient (Wildman–Crippen LogP) is -1.14. The number of aliphatic hydroxyl groups excluding tert-OH is 1. The molecule has 0 bridgehead atoms. The van der Waals surface area contributed by atoms with Crippen LogP contribution in [0.5, 0.6) is 0 Å². The van der Waals surface area contributed by atoms with Gasteiger partial charge in [0.2, 0.25) is 29.5 Å². The number of carbonyl (C=O) groups is 5. The van der Waals surface area contributed by atoms with Crippen LogP contribution in [-0.4, -0.2) is 94.9 Å². The quantitative estimate of drug-likeness (QED) is 0.242. The summed E-state index contributed by atoms with van der Waals surface area (Å²) in [5.41, 5.74) is 1.69. The molecule has 6 N–H and O–H groups in total. The van der Waals surface area contributed by atoms with Gasteiger partial charge >= 0.3 is 0 Å². The first kappa shape index (κ1) is 33.1. The fourth-order valence-corrected chi connectivity index (χ4v) is 4.57. The second kappa shape index (κ2) is 16.3. The summed E-state index contributed by atoms with van der Waals surface area (Å²) in [7, 11) is 0. The summed E-state index contributed by atoms with van der Waals surface area (Å²) in [5, 5.41) is 23.1. The van der Waals surface area contributed by atoms with Crippen LogP contribution in [0.1, 0.15) is 31.9 Å². The summed E-state index contributed by atoms with van der Waals surface area (Å²) >= 11 is 0. The summed E-state index contributed by atoms with van der Waals surface area (Å²) in [4.78, 5) is 71.4. The molecule has 0 radical (unpaired) electrons. The normalized spacial score (nSPS) is 23.7. The van der Waals surface area contributed by atoms with Gasteiger partial charge in [0.15, 0.2) is 0 Å². The molecule has 0 saturated carbocycles. The standard InChI is InChI=1S/C30H41N7O6/c1-19(2)26-30(43)33-20(3)27(40)35-24(18-38)29(42)34-23(15-21-7-5-4-6-8-21)28(41)32-13-14-37(17-25(39)36-26)16-22-9-11-31-12-10-22/h4-12,19-20,23-24,26,38H,13-18H2,1-3H3,(H,32,41)(H,33,43)(H,34,42)(H,35,40)(H,36,39)/t20-,23+,24-,26+/m0/s1. The van der Waals surface area contributed by atoms with Gasteiger partial charge in [-0.15, -0.1) is 0 Å². The first-order chi connectivity index (χ1) is 20.6. The van der Waals surface area contributed by atoms with Crippen molar-refractivity contribution in [2.24, 2.45) is 5.92 Å². The predicted molar refractivity (Wildman–Crippen MR) is 158 cm³/mol. The minimum Gasteiger partial charge on any atom is -0.394 e. The minimum atomic E-state index is -1.37. The highest BCUT2D eigenvalue weighted by Crippen LogP contribution is 2.07. The van der Waals surface area contributed by atoms with Crippen molar-refractivity contribution in [1.29, 1.82) is 0 Å². The lowest BCUT2D eigenvalue weighted by atomic mass is 10.0. The number of carbonyl (C=O) groups excluding carboxylic acids is 5. The number of hydrogen-bond acceptors (Lipinski definition) is 8. The third-order valence-electron chi connectivity index (χ3n) is 7.00. The molecule has 1 aromatic heterocycles. The number of amides is 5. The largest absolute Gasteiger partial charge is 0.394 e. The van der Waals surface area contributed by atoms with E-state index in [1.165, 1.54) is 6.92 Å². The third-order valence-corrected chi connectivity index (χ3v) is 7.00. The van der Waals surface area contributed by atoms with Crippen LogP contribution in [0, 0.1) is 5.92 Å². The highest BCUT2D eigenvalue weighted by molar-refractivity contribution is 5.95. The minimum absolute atomic E-state index is 0.0624. The molecule has 13 heteroatoms. The van der Waals surface area contributed by atoms with Gasteiger partial charge in [-0.25, -0.2) is 0 Å². The molecular weight excluding hydrogens is 554 g/mol. The van der Waals surface area contributed by atoms with Gasteiger partial charge in [-0.05, 0) is 36.1 Å². The molecule has 43 heavy (non-hydrogen) atoms. The summed E-state index contributed by atoms with van der Waals surface area (Å²) in [5.74, 6) is -3.19. The van der Waals surface area contributed by atoms with Crippen LogP contribution >= 0.6 is 0 Å². The zero-order valence-corrected chi connectivity index (χ0v) is 24.7. The maximum Gasteiger partial charge on any atom is 0.245 e. The second-order valence-electron chi connectivity index (χ2n) is 10.9. The van der Waals surface area contributed by atoms with Crippen molar-refractivity contribution in [3.63, 3.8) is 0 Å². The van der Waals surface area contributed by atoms with E-state index in [0.29, 0.717) is 13.1 Å². The maximum absolute atomic E-state index is 13.3. The SMILES string of the molecule is CC(C)[C@H]1NC(=O)CN(Cc2ccncc2)CCNC(=O)[C@@H](Cc2ccccc2)NC(=O)[C@H](CO)NC(=O)[C@H](C)NC1=O. The maximum atomic E-state index is 13.3. The number of benzene rings is 1. The number of hydrogen-bond donors (Lipinski definition) is 6. The lowest BCUT2D eigenvalue weighted by molar-refractivity contribution is -0.135. The molecule has 5 amide bonds. The van der Waals surface area contributed by atoms with Crippen LogP contribution in [0.4, 0.5) is 0 Å². The topological polar surface area (TPSA) is 182 Å². The van der Waals surface area contributed by atoms with E-state index in [4.69, 9.17) is 0 Å². The lowest BCUT2D eigenvalue weighted by Gasteiger charge is -2.28. The molecule has 0 spiro atoms. The summed E-state index contributed by atoms with van der Waals surface area (Å²) < 4.78 is 0. The molecule has 232 valence electrons. The third kappa shape index (κ3) is 10.5. The molecule has 3 rings (SSSR count). The van der Waals surface area contributed by atoms with Crippen molar-refractivity contribution >= 4 is 29.5 Å². The zero-order valence-electron chi connectivity index (χ0n) is 24.7. The molecule has 1 saturated heterocycles. The number of aliphatic hydroxyl groups is 1. The Hall–Kier alpha value is -4.36. The van der Waals surface area contributed by atoms with Crippen molar-refractivity contribution in [3.05, 3.63) is 66.0 Å². The molecule has 0 unspecified atom stereocenters. The Morgan fingerprint density at radius 3 is 2.16 bits per heavy atom. The highest BCUT2D eigenvalue weighted by Gasteiger charge is 2.31. The van der Waals surface area contributed by atoms with Crippen molar-refractivity contribution in [3.8, 4) is 0 Å². The van der Waals surface area contributed by atoms with Crippen LogP contribution < -0.4 is 26.6 Å². The summed E-state index contributed by atoms with van der Waals surface area (Å²) in [6.07, 6.45) is 3.45. The van der Waals surface area contributed by atoms with Crippen molar-refractivity contribution in [2.75, 3.05) is 26.2 Å². The number of pyridine rings is 1. The van der Waals surface area contributed by atoms with Gasteiger partial charge in [0.1, 0.15) is 24.2 Å². The van der Waals surface area contributed by atoms with E-state index in [0.717, 1.165) is 11.1 Å². The lowest BCUT2D eigenvalue weighted by Crippen LogP contribution is -2.60. The Bertz CT molecular complexity index is 1240. The highest BCUT2D eigenvalue weighted by atomic mass is 16.3. The van der Waals surface area contributed by atoms with E-state index >= 15 is 0 Å². The molecule has 1 fully saturated rings. The van der Waals surface area contributed by atoms with Crippen LogP contribution in [0.15, 0.2) is 54.9 Å².